The molecule has 0 aliphatic heterocycles. The van der Waals surface area contributed by atoms with Gasteiger partial charge in [-0.2, -0.15) is 0 Å². The Hall–Kier alpha value is -3.62. The number of rotatable bonds is 7. The van der Waals surface area contributed by atoms with Crippen molar-refractivity contribution in [1.82, 2.24) is 0 Å². The van der Waals surface area contributed by atoms with Crippen LogP contribution in [-0.4, -0.2) is 44.6 Å². The summed E-state index contributed by atoms with van der Waals surface area (Å²) in [7, 11) is 5.08. The van der Waals surface area contributed by atoms with Crippen LogP contribution in [0.3, 0.4) is 0 Å². The van der Waals surface area contributed by atoms with E-state index in [4.69, 9.17) is 9.47 Å². The molecule has 0 spiro atoms. The molecule has 0 radical (unpaired) electrons. The lowest BCUT2D eigenvalue weighted by atomic mass is 10.2. The monoisotopic (exact) mass is 373 g/mol. The van der Waals surface area contributed by atoms with E-state index in [0.29, 0.717) is 5.56 Å². The highest BCUT2D eigenvalue weighted by molar-refractivity contribution is 5.96. The quantitative estimate of drug-likeness (QED) is 0.451. The second kappa shape index (κ2) is 8.65. The van der Waals surface area contributed by atoms with Crippen LogP contribution in [0.25, 0.3) is 0 Å². The van der Waals surface area contributed by atoms with Crippen molar-refractivity contribution in [2.45, 2.75) is 0 Å². The van der Waals surface area contributed by atoms with Gasteiger partial charge in [0.05, 0.1) is 29.4 Å². The van der Waals surface area contributed by atoms with Gasteiger partial charge in [-0.15, -0.1) is 0 Å². The predicted molar refractivity (Wildman–Crippen MR) is 99.3 cm³/mol. The Morgan fingerprint density at radius 2 is 1.81 bits per heavy atom. The van der Waals surface area contributed by atoms with Crippen LogP contribution in [0.4, 0.5) is 17.1 Å². The molecule has 0 atom stereocenters. The molecule has 0 heterocycles. The van der Waals surface area contributed by atoms with Gasteiger partial charge in [0.1, 0.15) is 5.75 Å². The lowest BCUT2D eigenvalue weighted by Crippen LogP contribution is -2.21. The van der Waals surface area contributed by atoms with Gasteiger partial charge in [-0.25, -0.2) is 4.79 Å². The van der Waals surface area contributed by atoms with E-state index < -0.39 is 23.4 Å². The fraction of sp³-hybridized carbons (Fsp3) is 0.222. The summed E-state index contributed by atoms with van der Waals surface area (Å²) in [5.41, 5.74) is 1.31. The van der Waals surface area contributed by atoms with Crippen molar-refractivity contribution < 1.29 is 24.0 Å². The zero-order chi connectivity index (χ0) is 20.0. The Bertz CT molecular complexity index is 849. The minimum Gasteiger partial charge on any atom is -0.494 e. The van der Waals surface area contributed by atoms with Gasteiger partial charge in [-0.05, 0) is 30.3 Å². The summed E-state index contributed by atoms with van der Waals surface area (Å²) in [6.07, 6.45) is 0. The van der Waals surface area contributed by atoms with Crippen molar-refractivity contribution in [2.75, 3.05) is 38.0 Å². The third kappa shape index (κ3) is 5.18. The van der Waals surface area contributed by atoms with E-state index in [1.165, 1.54) is 25.3 Å². The largest absolute Gasteiger partial charge is 0.494 e. The molecule has 1 N–H and O–H groups in total. The molecule has 2 rings (SSSR count). The molecule has 27 heavy (non-hydrogen) atoms. The first-order valence-corrected chi connectivity index (χ1v) is 7.88. The predicted octanol–water partition coefficient (Wildman–Crippen LogP) is 2.46. The van der Waals surface area contributed by atoms with Gasteiger partial charge in [0.15, 0.2) is 6.61 Å². The zero-order valence-electron chi connectivity index (χ0n) is 15.1. The zero-order valence-corrected chi connectivity index (χ0v) is 15.1. The maximum atomic E-state index is 12.0. The standard InChI is InChI=1S/C18H19N3O6/c1-20(2)13-6-4-12(5-7-13)18(23)27-11-17(22)19-15-9-8-14(21(24)25)10-16(15)26-3/h4-10H,11H2,1-3H3,(H,19,22). The number of hydrogen-bond acceptors (Lipinski definition) is 7. The van der Waals surface area contributed by atoms with E-state index in [9.17, 15) is 19.7 Å². The van der Waals surface area contributed by atoms with E-state index >= 15 is 0 Å². The highest BCUT2D eigenvalue weighted by Crippen LogP contribution is 2.28. The van der Waals surface area contributed by atoms with E-state index in [2.05, 4.69) is 5.32 Å². The number of non-ortho nitro benzene ring substituents is 1. The van der Waals surface area contributed by atoms with Crippen molar-refractivity contribution in [3.05, 3.63) is 58.1 Å². The molecular formula is C18H19N3O6. The molecule has 0 saturated carbocycles. The summed E-state index contributed by atoms with van der Waals surface area (Å²) in [4.78, 5) is 36.1. The Balaban J connectivity index is 1.96. The van der Waals surface area contributed by atoms with Crippen molar-refractivity contribution in [2.24, 2.45) is 0 Å². The lowest BCUT2D eigenvalue weighted by Gasteiger charge is -2.12. The number of carbonyl (C=O) groups excluding carboxylic acids is 2. The average molecular weight is 373 g/mol. The topological polar surface area (TPSA) is 111 Å². The van der Waals surface area contributed by atoms with Crippen LogP contribution in [-0.2, 0) is 9.53 Å². The normalized spacial score (nSPS) is 10.0. The van der Waals surface area contributed by atoms with E-state index in [-0.39, 0.29) is 17.1 Å². The van der Waals surface area contributed by atoms with Gasteiger partial charge in [0.25, 0.3) is 11.6 Å². The number of hydrogen-bond donors (Lipinski definition) is 1. The molecule has 2 aromatic carbocycles. The summed E-state index contributed by atoms with van der Waals surface area (Å²) in [5.74, 6) is -1.10. The number of nitro benzene ring substituents is 1. The van der Waals surface area contributed by atoms with Gasteiger partial charge in [-0.1, -0.05) is 0 Å². The number of amides is 1. The fourth-order valence-electron chi connectivity index (χ4n) is 2.19. The minimum atomic E-state index is -0.633. The third-order valence-corrected chi connectivity index (χ3v) is 3.62. The molecule has 1 amide bonds. The van der Waals surface area contributed by atoms with Gasteiger partial charge in [0.2, 0.25) is 0 Å². The molecule has 0 unspecified atom stereocenters. The van der Waals surface area contributed by atoms with Crippen molar-refractivity contribution in [3.63, 3.8) is 0 Å². The number of ether oxygens (including phenoxy) is 2. The molecule has 2 aromatic rings. The number of nitro groups is 1. The average Bonchev–Trinajstić information content (AvgIpc) is 2.66. The smallest absolute Gasteiger partial charge is 0.338 e. The third-order valence-electron chi connectivity index (χ3n) is 3.62. The van der Waals surface area contributed by atoms with Crippen LogP contribution in [0.2, 0.25) is 0 Å². The molecule has 0 bridgehead atoms. The molecule has 9 nitrogen and oxygen atoms in total. The van der Waals surface area contributed by atoms with Crippen LogP contribution in [0.15, 0.2) is 42.5 Å². The van der Waals surface area contributed by atoms with Crippen LogP contribution < -0.4 is 15.0 Å². The summed E-state index contributed by atoms with van der Waals surface area (Å²) < 4.78 is 10.0. The van der Waals surface area contributed by atoms with Crippen molar-refractivity contribution in [3.8, 4) is 5.75 Å². The van der Waals surface area contributed by atoms with Gasteiger partial charge >= 0.3 is 5.97 Å². The van der Waals surface area contributed by atoms with Gasteiger partial charge in [-0.3, -0.25) is 14.9 Å². The van der Waals surface area contributed by atoms with Crippen LogP contribution in [0.5, 0.6) is 5.75 Å². The van der Waals surface area contributed by atoms with E-state index in [1.54, 1.807) is 24.3 Å². The number of methoxy groups -OCH3 is 1. The Kier molecular flexibility index (Phi) is 6.32. The lowest BCUT2D eigenvalue weighted by molar-refractivity contribution is -0.384. The first-order valence-electron chi connectivity index (χ1n) is 7.88. The number of benzene rings is 2. The molecular weight excluding hydrogens is 354 g/mol. The Morgan fingerprint density at radius 1 is 1.15 bits per heavy atom. The van der Waals surface area contributed by atoms with E-state index in [0.717, 1.165) is 5.69 Å². The first-order chi connectivity index (χ1) is 12.8. The minimum absolute atomic E-state index is 0.128. The van der Waals surface area contributed by atoms with Crippen LogP contribution in [0.1, 0.15) is 10.4 Å². The maximum absolute atomic E-state index is 12.0. The summed E-state index contributed by atoms with van der Waals surface area (Å²) in [6, 6.07) is 10.5. The molecule has 0 aliphatic rings. The number of carbonyl (C=O) groups is 2. The molecule has 0 fully saturated rings. The second-order valence-corrected chi connectivity index (χ2v) is 5.71. The van der Waals surface area contributed by atoms with Gasteiger partial charge < -0.3 is 19.7 Å². The number of anilines is 2. The van der Waals surface area contributed by atoms with Crippen LogP contribution >= 0.6 is 0 Å². The van der Waals surface area contributed by atoms with Gasteiger partial charge in [0, 0.05) is 25.8 Å². The Morgan fingerprint density at radius 3 is 2.37 bits per heavy atom. The first kappa shape index (κ1) is 19.7. The highest BCUT2D eigenvalue weighted by atomic mass is 16.6. The highest BCUT2D eigenvalue weighted by Gasteiger charge is 2.15. The maximum Gasteiger partial charge on any atom is 0.338 e. The molecule has 9 heteroatoms. The fourth-order valence-corrected chi connectivity index (χ4v) is 2.19. The Labute approximate surface area is 155 Å². The van der Waals surface area contributed by atoms with Crippen molar-refractivity contribution >= 4 is 28.9 Å². The van der Waals surface area contributed by atoms with Crippen LogP contribution in [0, 0.1) is 10.1 Å². The number of nitrogens with one attached hydrogen (secondary N) is 1. The summed E-state index contributed by atoms with van der Waals surface area (Å²) in [5, 5.41) is 13.3. The SMILES string of the molecule is COc1cc([N+](=O)[O-])ccc1NC(=O)COC(=O)c1ccc(N(C)C)cc1. The molecule has 142 valence electrons. The summed E-state index contributed by atoms with van der Waals surface area (Å²) >= 11 is 0. The second-order valence-electron chi connectivity index (χ2n) is 5.71. The molecule has 0 aromatic heterocycles. The number of nitrogens with zero attached hydrogens (tertiary/aromatic N) is 2. The molecule has 0 saturated heterocycles. The molecule has 0 aliphatic carbocycles. The number of esters is 1. The van der Waals surface area contributed by atoms with E-state index in [1.807, 2.05) is 19.0 Å². The van der Waals surface area contributed by atoms with Crippen molar-refractivity contribution in [1.29, 1.82) is 0 Å². The summed E-state index contributed by atoms with van der Waals surface area (Å²) in [6.45, 7) is -0.506.